The first-order valence-corrected chi connectivity index (χ1v) is 9.66. The van der Waals surface area contributed by atoms with Crippen LogP contribution >= 0.6 is 0 Å². The second-order valence-corrected chi connectivity index (χ2v) is 9.44. The molecule has 2 aromatic rings. The van der Waals surface area contributed by atoms with Gasteiger partial charge in [0, 0.05) is 24.5 Å². The van der Waals surface area contributed by atoms with Gasteiger partial charge in [0.25, 0.3) is 0 Å². The van der Waals surface area contributed by atoms with Crippen molar-refractivity contribution in [2.24, 2.45) is 11.3 Å². The molecule has 0 atom stereocenters. The molecule has 0 amide bonds. The van der Waals surface area contributed by atoms with Crippen molar-refractivity contribution in [2.75, 3.05) is 13.1 Å². The molecule has 0 aliphatic carbocycles. The van der Waals surface area contributed by atoms with E-state index in [0.29, 0.717) is 30.0 Å². The van der Waals surface area contributed by atoms with E-state index in [9.17, 15) is 13.2 Å². The van der Waals surface area contributed by atoms with E-state index in [-0.39, 0.29) is 10.3 Å². The van der Waals surface area contributed by atoms with Gasteiger partial charge in [-0.2, -0.15) is 4.31 Å². The SMILES string of the molecule is CC(C)(C)C1CCN(S(=O)(=O)c2ccc3oc(=O)ccc3c2)CC1. The monoisotopic (exact) mass is 349 g/mol. The highest BCUT2D eigenvalue weighted by Gasteiger charge is 2.34. The molecular formula is C18H23NO4S. The molecule has 24 heavy (non-hydrogen) atoms. The summed E-state index contributed by atoms with van der Waals surface area (Å²) < 4.78 is 32.4. The van der Waals surface area contributed by atoms with Crippen molar-refractivity contribution in [3.05, 3.63) is 40.8 Å². The average molecular weight is 349 g/mol. The summed E-state index contributed by atoms with van der Waals surface area (Å²) in [6.45, 7) is 7.72. The van der Waals surface area contributed by atoms with Crippen LogP contribution in [-0.4, -0.2) is 25.8 Å². The number of nitrogens with zero attached hydrogens (tertiary/aromatic N) is 1. The van der Waals surface area contributed by atoms with Crippen molar-refractivity contribution in [1.29, 1.82) is 0 Å². The highest BCUT2D eigenvalue weighted by Crippen LogP contribution is 2.35. The topological polar surface area (TPSA) is 67.6 Å². The summed E-state index contributed by atoms with van der Waals surface area (Å²) in [4.78, 5) is 11.5. The Kier molecular flexibility index (Phi) is 4.30. The van der Waals surface area contributed by atoms with E-state index in [1.165, 1.54) is 12.1 Å². The molecule has 0 bridgehead atoms. The van der Waals surface area contributed by atoms with Crippen LogP contribution in [0, 0.1) is 11.3 Å². The first-order chi connectivity index (χ1) is 11.2. The quantitative estimate of drug-likeness (QED) is 0.781. The molecule has 1 saturated heterocycles. The Morgan fingerprint density at radius 1 is 1.08 bits per heavy atom. The number of sulfonamides is 1. The van der Waals surface area contributed by atoms with Crippen LogP contribution in [0.15, 0.2) is 44.4 Å². The van der Waals surface area contributed by atoms with Crippen LogP contribution in [0.2, 0.25) is 0 Å². The summed E-state index contributed by atoms with van der Waals surface area (Å²) in [5.41, 5.74) is 0.159. The third-order valence-electron chi connectivity index (χ3n) is 4.91. The molecule has 0 N–H and O–H groups in total. The number of hydrogen-bond acceptors (Lipinski definition) is 4. The van der Waals surface area contributed by atoms with Crippen LogP contribution in [0.3, 0.4) is 0 Å². The van der Waals surface area contributed by atoms with Crippen LogP contribution in [-0.2, 0) is 10.0 Å². The van der Waals surface area contributed by atoms with E-state index in [1.54, 1.807) is 22.5 Å². The van der Waals surface area contributed by atoms with Gasteiger partial charge in [-0.1, -0.05) is 20.8 Å². The molecule has 1 aliphatic heterocycles. The van der Waals surface area contributed by atoms with E-state index in [2.05, 4.69) is 20.8 Å². The fourth-order valence-corrected chi connectivity index (χ4v) is 4.83. The van der Waals surface area contributed by atoms with Gasteiger partial charge in [-0.3, -0.25) is 0 Å². The molecule has 130 valence electrons. The van der Waals surface area contributed by atoms with Crippen LogP contribution in [0.5, 0.6) is 0 Å². The minimum Gasteiger partial charge on any atom is -0.423 e. The number of hydrogen-bond donors (Lipinski definition) is 0. The van der Waals surface area contributed by atoms with Crippen LogP contribution in [0.25, 0.3) is 11.0 Å². The number of piperidine rings is 1. The summed E-state index contributed by atoms with van der Waals surface area (Å²) >= 11 is 0. The Balaban J connectivity index is 1.86. The lowest BCUT2D eigenvalue weighted by molar-refractivity contribution is 0.154. The van der Waals surface area contributed by atoms with E-state index < -0.39 is 15.6 Å². The number of benzene rings is 1. The Labute approximate surface area is 142 Å². The molecule has 3 rings (SSSR count). The van der Waals surface area contributed by atoms with Gasteiger partial charge >= 0.3 is 5.63 Å². The smallest absolute Gasteiger partial charge is 0.336 e. The molecule has 2 heterocycles. The molecule has 1 fully saturated rings. The van der Waals surface area contributed by atoms with Gasteiger partial charge in [-0.05, 0) is 48.4 Å². The van der Waals surface area contributed by atoms with Crippen molar-refractivity contribution >= 4 is 21.0 Å². The van der Waals surface area contributed by atoms with Gasteiger partial charge in [0.05, 0.1) is 4.90 Å². The predicted octanol–water partition coefficient (Wildman–Crippen LogP) is 3.24. The zero-order valence-electron chi connectivity index (χ0n) is 14.3. The van der Waals surface area contributed by atoms with Gasteiger partial charge in [0.2, 0.25) is 10.0 Å². The van der Waals surface area contributed by atoms with Crippen molar-refractivity contribution in [2.45, 2.75) is 38.5 Å². The zero-order chi connectivity index (χ0) is 17.5. The predicted molar refractivity (Wildman–Crippen MR) is 93.4 cm³/mol. The number of fused-ring (bicyclic) bond motifs is 1. The fraction of sp³-hybridized carbons (Fsp3) is 0.500. The van der Waals surface area contributed by atoms with Gasteiger partial charge in [-0.25, -0.2) is 13.2 Å². The maximum Gasteiger partial charge on any atom is 0.336 e. The maximum absolute atomic E-state index is 12.9. The van der Waals surface area contributed by atoms with E-state index in [1.807, 2.05) is 0 Å². The lowest BCUT2D eigenvalue weighted by atomic mass is 9.76. The molecule has 0 unspecified atom stereocenters. The van der Waals surface area contributed by atoms with Gasteiger partial charge in [0.1, 0.15) is 5.58 Å². The fourth-order valence-electron chi connectivity index (χ4n) is 3.32. The molecule has 0 radical (unpaired) electrons. The molecule has 5 nitrogen and oxygen atoms in total. The third kappa shape index (κ3) is 3.26. The van der Waals surface area contributed by atoms with Gasteiger partial charge in [0.15, 0.2) is 0 Å². The molecular weight excluding hydrogens is 326 g/mol. The molecule has 1 aromatic carbocycles. The van der Waals surface area contributed by atoms with Gasteiger partial charge in [-0.15, -0.1) is 0 Å². The summed E-state index contributed by atoms with van der Waals surface area (Å²) in [6, 6.07) is 7.52. The molecule has 0 spiro atoms. The van der Waals surface area contributed by atoms with Crippen molar-refractivity contribution in [3.8, 4) is 0 Å². The highest BCUT2D eigenvalue weighted by molar-refractivity contribution is 7.89. The van der Waals surface area contributed by atoms with E-state index in [4.69, 9.17) is 4.42 Å². The lowest BCUT2D eigenvalue weighted by Gasteiger charge is -2.38. The summed E-state index contributed by atoms with van der Waals surface area (Å²) in [5, 5.41) is 0.611. The van der Waals surface area contributed by atoms with Crippen molar-refractivity contribution in [1.82, 2.24) is 4.31 Å². The van der Waals surface area contributed by atoms with Gasteiger partial charge < -0.3 is 4.42 Å². The maximum atomic E-state index is 12.9. The Morgan fingerprint density at radius 2 is 1.75 bits per heavy atom. The Bertz CT molecular complexity index is 900. The van der Waals surface area contributed by atoms with Crippen molar-refractivity contribution < 1.29 is 12.8 Å². The second kappa shape index (κ2) is 6.01. The highest BCUT2D eigenvalue weighted by atomic mass is 32.2. The first-order valence-electron chi connectivity index (χ1n) is 8.22. The van der Waals surface area contributed by atoms with Crippen molar-refractivity contribution in [3.63, 3.8) is 0 Å². The van der Waals surface area contributed by atoms with Crippen LogP contribution in [0.1, 0.15) is 33.6 Å². The molecule has 1 aromatic heterocycles. The summed E-state index contributed by atoms with van der Waals surface area (Å²) in [6.07, 6.45) is 1.76. The largest absolute Gasteiger partial charge is 0.423 e. The first kappa shape index (κ1) is 17.2. The average Bonchev–Trinajstić information content (AvgIpc) is 2.53. The standard InChI is InChI=1S/C18H23NO4S/c1-18(2,3)14-8-10-19(11-9-14)24(21,22)15-5-6-16-13(12-15)4-7-17(20)23-16/h4-7,12,14H,8-11H2,1-3H3. The van der Waals surface area contributed by atoms with E-state index >= 15 is 0 Å². The summed E-state index contributed by atoms with van der Waals surface area (Å²) in [7, 11) is -3.52. The molecule has 0 saturated carbocycles. The second-order valence-electron chi connectivity index (χ2n) is 7.50. The van der Waals surface area contributed by atoms with E-state index in [0.717, 1.165) is 12.8 Å². The van der Waals surface area contributed by atoms with Crippen LogP contribution < -0.4 is 5.63 Å². The minimum absolute atomic E-state index is 0.205. The Morgan fingerprint density at radius 3 is 2.38 bits per heavy atom. The molecule has 1 aliphatic rings. The Hall–Kier alpha value is -1.66. The molecule has 6 heteroatoms. The minimum atomic E-state index is -3.52. The lowest BCUT2D eigenvalue weighted by Crippen LogP contribution is -2.41. The normalized spacial score (nSPS) is 18.1. The summed E-state index contributed by atoms with van der Waals surface area (Å²) in [5.74, 6) is 0.537. The number of rotatable bonds is 2. The van der Waals surface area contributed by atoms with Crippen LogP contribution in [0.4, 0.5) is 0 Å². The third-order valence-corrected chi connectivity index (χ3v) is 6.80. The zero-order valence-corrected chi connectivity index (χ0v) is 15.1.